The summed E-state index contributed by atoms with van der Waals surface area (Å²) < 4.78 is 27.9. The first kappa shape index (κ1) is 15.2. The van der Waals surface area contributed by atoms with Crippen molar-refractivity contribution < 1.29 is 13.7 Å². The molecule has 0 unspecified atom stereocenters. The molecular formula is C14H7BrF2N4O2. The van der Waals surface area contributed by atoms with Crippen LogP contribution in [0.25, 0.3) is 10.9 Å². The maximum absolute atomic E-state index is 14.0. The van der Waals surface area contributed by atoms with E-state index in [1.54, 1.807) is 6.07 Å². The summed E-state index contributed by atoms with van der Waals surface area (Å²) in [6.45, 7) is 0. The smallest absolute Gasteiger partial charge is 0.305 e. The van der Waals surface area contributed by atoms with E-state index < -0.39 is 22.2 Å². The van der Waals surface area contributed by atoms with Crippen LogP contribution in [0.5, 0.6) is 0 Å². The number of nitro groups is 1. The summed E-state index contributed by atoms with van der Waals surface area (Å²) in [5.74, 6) is -1.41. The van der Waals surface area contributed by atoms with Crippen LogP contribution in [0.2, 0.25) is 0 Å². The molecule has 0 saturated carbocycles. The van der Waals surface area contributed by atoms with E-state index in [1.165, 1.54) is 12.1 Å². The van der Waals surface area contributed by atoms with E-state index in [0.717, 1.165) is 18.5 Å². The highest BCUT2D eigenvalue weighted by Gasteiger charge is 2.18. The van der Waals surface area contributed by atoms with Gasteiger partial charge in [0, 0.05) is 12.1 Å². The second kappa shape index (κ2) is 5.84. The number of benzene rings is 2. The van der Waals surface area contributed by atoms with Gasteiger partial charge in [0.05, 0.1) is 26.0 Å². The van der Waals surface area contributed by atoms with E-state index in [0.29, 0.717) is 0 Å². The van der Waals surface area contributed by atoms with Gasteiger partial charge in [-0.25, -0.2) is 14.4 Å². The third-order valence-corrected chi connectivity index (χ3v) is 3.72. The van der Waals surface area contributed by atoms with E-state index >= 15 is 0 Å². The van der Waals surface area contributed by atoms with Crippen LogP contribution < -0.4 is 5.32 Å². The molecule has 0 bridgehead atoms. The van der Waals surface area contributed by atoms with Gasteiger partial charge in [0.1, 0.15) is 12.1 Å². The molecular weight excluding hydrogens is 374 g/mol. The number of rotatable bonds is 3. The van der Waals surface area contributed by atoms with Gasteiger partial charge in [0.15, 0.2) is 5.82 Å². The number of anilines is 2. The summed E-state index contributed by atoms with van der Waals surface area (Å²) >= 11 is 3.06. The summed E-state index contributed by atoms with van der Waals surface area (Å²) in [4.78, 5) is 17.9. The van der Waals surface area contributed by atoms with E-state index in [2.05, 4.69) is 31.2 Å². The topological polar surface area (TPSA) is 81.0 Å². The summed E-state index contributed by atoms with van der Waals surface area (Å²) in [6, 6.07) is 6.58. The number of hydrogen-bond acceptors (Lipinski definition) is 5. The average molecular weight is 381 g/mol. The van der Waals surface area contributed by atoms with Crippen LogP contribution in [0, 0.1) is 21.7 Å². The van der Waals surface area contributed by atoms with Gasteiger partial charge in [-0.2, -0.15) is 4.39 Å². The summed E-state index contributed by atoms with van der Waals surface area (Å²) in [5, 5.41) is 13.8. The minimum atomic E-state index is -0.999. The van der Waals surface area contributed by atoms with Crippen LogP contribution >= 0.6 is 15.9 Å². The maximum atomic E-state index is 14.0. The Hall–Kier alpha value is -2.68. The van der Waals surface area contributed by atoms with Crippen molar-refractivity contribution in [3.63, 3.8) is 0 Å². The van der Waals surface area contributed by atoms with Gasteiger partial charge in [-0.15, -0.1) is 0 Å². The van der Waals surface area contributed by atoms with Gasteiger partial charge in [0.2, 0.25) is 5.82 Å². The van der Waals surface area contributed by atoms with E-state index in [1.807, 2.05) is 0 Å². The molecule has 9 heteroatoms. The lowest BCUT2D eigenvalue weighted by Gasteiger charge is -2.10. The summed E-state index contributed by atoms with van der Waals surface area (Å²) in [7, 11) is 0. The van der Waals surface area contributed by atoms with Gasteiger partial charge in [-0.3, -0.25) is 10.1 Å². The molecule has 0 saturated heterocycles. The SMILES string of the molecule is O=[N+]([O-])c1cc2c(Nc3cccc(Br)c3F)ncnc2cc1F. The maximum Gasteiger partial charge on any atom is 0.305 e. The molecule has 0 atom stereocenters. The number of halogens is 3. The Kier molecular flexibility index (Phi) is 3.87. The zero-order chi connectivity index (χ0) is 16.6. The molecule has 0 radical (unpaired) electrons. The Balaban J connectivity index is 2.16. The van der Waals surface area contributed by atoms with Gasteiger partial charge < -0.3 is 5.32 Å². The lowest BCUT2D eigenvalue weighted by Crippen LogP contribution is -2.00. The van der Waals surface area contributed by atoms with Crippen molar-refractivity contribution in [3.8, 4) is 0 Å². The quantitative estimate of drug-likeness (QED) is 0.540. The molecule has 1 heterocycles. The fourth-order valence-electron chi connectivity index (χ4n) is 2.03. The predicted octanol–water partition coefficient (Wildman–Crippen LogP) is 4.32. The first-order valence-corrected chi connectivity index (χ1v) is 7.06. The van der Waals surface area contributed by atoms with Crippen LogP contribution in [0.15, 0.2) is 41.1 Å². The zero-order valence-corrected chi connectivity index (χ0v) is 12.8. The number of hydrogen-bond donors (Lipinski definition) is 1. The second-order valence-electron chi connectivity index (χ2n) is 4.53. The zero-order valence-electron chi connectivity index (χ0n) is 11.3. The molecule has 0 amide bonds. The third kappa shape index (κ3) is 2.82. The van der Waals surface area contributed by atoms with Crippen LogP contribution in [0.3, 0.4) is 0 Å². The molecule has 0 aliphatic heterocycles. The van der Waals surface area contributed by atoms with Crippen molar-refractivity contribution in [3.05, 3.63) is 62.9 Å². The molecule has 6 nitrogen and oxygen atoms in total. The van der Waals surface area contributed by atoms with Gasteiger partial charge in [-0.05, 0) is 28.1 Å². The largest absolute Gasteiger partial charge is 0.337 e. The molecule has 3 rings (SSSR count). The fourth-order valence-corrected chi connectivity index (χ4v) is 2.40. The van der Waals surface area contributed by atoms with Crippen molar-refractivity contribution >= 4 is 44.0 Å². The van der Waals surface area contributed by atoms with Crippen LogP contribution in [0.1, 0.15) is 0 Å². The van der Waals surface area contributed by atoms with E-state index in [-0.39, 0.29) is 26.9 Å². The second-order valence-corrected chi connectivity index (χ2v) is 5.38. The standard InChI is InChI=1S/C14H7BrF2N4O2/c15-8-2-1-3-10(13(8)17)20-14-7-4-12(21(22)23)9(16)5-11(7)18-6-19-14/h1-6H,(H,18,19,20). The molecule has 116 valence electrons. The molecule has 23 heavy (non-hydrogen) atoms. The molecule has 2 aromatic carbocycles. The Morgan fingerprint density at radius 1 is 1.22 bits per heavy atom. The summed E-state index contributed by atoms with van der Waals surface area (Å²) in [5.41, 5.74) is -0.419. The fraction of sp³-hybridized carbons (Fsp3) is 0. The van der Waals surface area contributed by atoms with Crippen molar-refractivity contribution in [2.75, 3.05) is 5.32 Å². The monoisotopic (exact) mass is 380 g/mol. The minimum Gasteiger partial charge on any atom is -0.337 e. The molecule has 3 aromatic rings. The highest BCUT2D eigenvalue weighted by atomic mass is 79.9. The molecule has 0 spiro atoms. The molecule has 0 aliphatic rings. The third-order valence-electron chi connectivity index (χ3n) is 3.11. The van der Waals surface area contributed by atoms with Gasteiger partial charge in [-0.1, -0.05) is 6.07 Å². The number of aromatic nitrogens is 2. The van der Waals surface area contributed by atoms with Crippen LogP contribution in [-0.4, -0.2) is 14.9 Å². The van der Waals surface area contributed by atoms with Gasteiger partial charge >= 0.3 is 5.69 Å². The number of nitrogens with zero attached hydrogens (tertiary/aromatic N) is 3. The van der Waals surface area contributed by atoms with Crippen molar-refractivity contribution in [1.29, 1.82) is 0 Å². The van der Waals surface area contributed by atoms with Crippen molar-refractivity contribution in [2.45, 2.75) is 0 Å². The normalized spacial score (nSPS) is 10.7. The first-order valence-electron chi connectivity index (χ1n) is 6.27. The Labute approximate surface area is 136 Å². The Bertz CT molecular complexity index is 936. The minimum absolute atomic E-state index is 0.117. The highest BCUT2D eigenvalue weighted by Crippen LogP contribution is 2.30. The highest BCUT2D eigenvalue weighted by molar-refractivity contribution is 9.10. The lowest BCUT2D eigenvalue weighted by atomic mass is 10.2. The van der Waals surface area contributed by atoms with Crippen molar-refractivity contribution in [1.82, 2.24) is 9.97 Å². The Morgan fingerprint density at radius 3 is 2.74 bits per heavy atom. The number of nitro benzene ring substituents is 1. The van der Waals surface area contributed by atoms with Crippen molar-refractivity contribution in [2.24, 2.45) is 0 Å². The number of fused-ring (bicyclic) bond motifs is 1. The van der Waals surface area contributed by atoms with Gasteiger partial charge in [0.25, 0.3) is 0 Å². The van der Waals surface area contributed by atoms with E-state index in [4.69, 9.17) is 0 Å². The molecule has 1 aromatic heterocycles. The molecule has 0 aliphatic carbocycles. The average Bonchev–Trinajstić information content (AvgIpc) is 2.51. The lowest BCUT2D eigenvalue weighted by molar-refractivity contribution is -0.387. The van der Waals surface area contributed by atoms with E-state index in [9.17, 15) is 18.9 Å². The number of nitrogens with one attached hydrogen (secondary N) is 1. The predicted molar refractivity (Wildman–Crippen MR) is 83.5 cm³/mol. The Morgan fingerprint density at radius 2 is 2.00 bits per heavy atom. The molecule has 1 N–H and O–H groups in total. The molecule has 0 fully saturated rings. The summed E-state index contributed by atoms with van der Waals surface area (Å²) in [6.07, 6.45) is 1.16. The first-order chi connectivity index (χ1) is 11.0. The van der Waals surface area contributed by atoms with Crippen LogP contribution in [-0.2, 0) is 0 Å². The van der Waals surface area contributed by atoms with Crippen LogP contribution in [0.4, 0.5) is 26.0 Å².